The van der Waals surface area contributed by atoms with E-state index in [1.54, 1.807) is 35.7 Å². The van der Waals surface area contributed by atoms with Crippen LogP contribution in [0.2, 0.25) is 0 Å². The molecule has 3 nitrogen and oxygen atoms in total. The second-order valence-electron chi connectivity index (χ2n) is 3.89. The first-order chi connectivity index (χ1) is 8.19. The number of hydrogen-bond donors (Lipinski definition) is 2. The molecule has 5 heteroatoms. The van der Waals surface area contributed by atoms with Gasteiger partial charge in [0.25, 0.3) is 0 Å². The highest BCUT2D eigenvalue weighted by atomic mass is 32.2. The molecular formula is C12H13NO2S2. The van der Waals surface area contributed by atoms with Crippen LogP contribution in [0.15, 0.2) is 29.2 Å². The predicted octanol–water partition coefficient (Wildman–Crippen LogP) is 1.84. The van der Waals surface area contributed by atoms with Gasteiger partial charge in [-0.05, 0) is 30.7 Å². The summed E-state index contributed by atoms with van der Waals surface area (Å²) in [5, 5.41) is 27.7. The zero-order valence-electron chi connectivity index (χ0n) is 9.11. The van der Waals surface area contributed by atoms with Gasteiger partial charge in [-0.15, -0.1) is 23.5 Å². The molecule has 2 rings (SSSR count). The molecule has 0 unspecified atom stereocenters. The van der Waals surface area contributed by atoms with E-state index in [1.165, 1.54) is 0 Å². The van der Waals surface area contributed by atoms with E-state index in [2.05, 4.69) is 6.07 Å². The van der Waals surface area contributed by atoms with Gasteiger partial charge in [0.2, 0.25) is 0 Å². The molecule has 1 aromatic rings. The van der Waals surface area contributed by atoms with Gasteiger partial charge in [-0.3, -0.25) is 0 Å². The molecule has 1 heterocycles. The van der Waals surface area contributed by atoms with Gasteiger partial charge >= 0.3 is 0 Å². The molecule has 1 aliphatic rings. The van der Waals surface area contributed by atoms with E-state index in [4.69, 9.17) is 5.26 Å². The monoisotopic (exact) mass is 267 g/mol. The second-order valence-corrected chi connectivity index (χ2v) is 6.70. The van der Waals surface area contributed by atoms with Gasteiger partial charge in [0.05, 0.1) is 28.4 Å². The highest BCUT2D eigenvalue weighted by Crippen LogP contribution is 2.38. The number of hydrogen-bond acceptors (Lipinski definition) is 5. The van der Waals surface area contributed by atoms with Crippen LogP contribution >= 0.6 is 23.5 Å². The Labute approximate surface area is 109 Å². The third-order valence-corrected chi connectivity index (χ3v) is 5.38. The number of thioether (sulfide) groups is 2. The fourth-order valence-electron chi connectivity index (χ4n) is 1.58. The van der Waals surface area contributed by atoms with Gasteiger partial charge < -0.3 is 10.2 Å². The van der Waals surface area contributed by atoms with Crippen molar-refractivity contribution in [2.45, 2.75) is 28.1 Å². The number of aliphatic hydroxyl groups excluding tert-OH is 2. The summed E-state index contributed by atoms with van der Waals surface area (Å²) < 4.78 is 0.265. The molecule has 0 aromatic heterocycles. The number of benzene rings is 1. The summed E-state index contributed by atoms with van der Waals surface area (Å²) in [6.45, 7) is 0. The molecule has 1 saturated heterocycles. The van der Waals surface area contributed by atoms with Crippen molar-refractivity contribution in [1.82, 2.24) is 0 Å². The fourth-order valence-corrected chi connectivity index (χ4v) is 4.28. The Morgan fingerprint density at radius 1 is 1.24 bits per heavy atom. The SMILES string of the molecule is N#Cc1ccc(S[C@H]2C[C@@H](O)[C@H](O)CS2)cc1. The van der Waals surface area contributed by atoms with Gasteiger partial charge in [-0.1, -0.05) is 0 Å². The molecule has 0 spiro atoms. The van der Waals surface area contributed by atoms with Crippen molar-refractivity contribution >= 4 is 23.5 Å². The smallest absolute Gasteiger partial charge is 0.0991 e. The van der Waals surface area contributed by atoms with E-state index >= 15 is 0 Å². The molecule has 2 N–H and O–H groups in total. The zero-order chi connectivity index (χ0) is 12.3. The number of nitrogens with zero attached hydrogens (tertiary/aromatic N) is 1. The normalized spacial score (nSPS) is 28.6. The van der Waals surface area contributed by atoms with Gasteiger partial charge in [0.1, 0.15) is 0 Å². The van der Waals surface area contributed by atoms with E-state index < -0.39 is 12.2 Å². The highest BCUT2D eigenvalue weighted by Gasteiger charge is 2.28. The van der Waals surface area contributed by atoms with E-state index in [0.29, 0.717) is 17.7 Å². The molecule has 0 saturated carbocycles. The summed E-state index contributed by atoms with van der Waals surface area (Å²) in [5.41, 5.74) is 0.654. The van der Waals surface area contributed by atoms with Gasteiger partial charge in [-0.25, -0.2) is 0 Å². The Balaban J connectivity index is 1.94. The summed E-state index contributed by atoms with van der Waals surface area (Å²) in [4.78, 5) is 1.09. The van der Waals surface area contributed by atoms with Crippen LogP contribution in [-0.2, 0) is 0 Å². The zero-order valence-corrected chi connectivity index (χ0v) is 10.7. The summed E-state index contributed by atoms with van der Waals surface area (Å²) >= 11 is 3.34. The summed E-state index contributed by atoms with van der Waals surface area (Å²) in [6.07, 6.45) is -0.624. The lowest BCUT2D eigenvalue weighted by Crippen LogP contribution is -2.35. The van der Waals surface area contributed by atoms with Gasteiger partial charge in [0, 0.05) is 10.6 Å². The molecule has 0 radical (unpaired) electrons. The maximum Gasteiger partial charge on any atom is 0.0991 e. The first-order valence-corrected chi connectivity index (χ1v) is 7.26. The third-order valence-electron chi connectivity index (χ3n) is 2.58. The largest absolute Gasteiger partial charge is 0.390 e. The third kappa shape index (κ3) is 3.39. The summed E-state index contributed by atoms with van der Waals surface area (Å²) in [7, 11) is 0. The lowest BCUT2D eigenvalue weighted by molar-refractivity contribution is 0.0283. The van der Waals surface area contributed by atoms with Gasteiger partial charge in [-0.2, -0.15) is 5.26 Å². The standard InChI is InChI=1S/C12H13NO2S2/c13-6-8-1-3-9(4-2-8)17-12-5-10(14)11(15)7-16-12/h1-4,10-12,14-15H,5,7H2/t10-,11-,12+/m1/s1. The van der Waals surface area contributed by atoms with Gasteiger partial charge in [0.15, 0.2) is 0 Å². The molecule has 3 atom stereocenters. The highest BCUT2D eigenvalue weighted by molar-refractivity contribution is 8.17. The Kier molecular flexibility index (Phi) is 4.35. The molecular weight excluding hydrogens is 254 g/mol. The van der Waals surface area contributed by atoms with Crippen LogP contribution in [0, 0.1) is 11.3 Å². The van der Waals surface area contributed by atoms with Crippen LogP contribution in [0.1, 0.15) is 12.0 Å². The van der Waals surface area contributed by atoms with Crippen molar-refractivity contribution in [3.8, 4) is 6.07 Å². The number of nitriles is 1. The topological polar surface area (TPSA) is 64.2 Å². The Bertz CT molecular complexity index is 416. The maximum atomic E-state index is 9.59. The van der Waals surface area contributed by atoms with Crippen LogP contribution in [-0.4, -0.2) is 32.8 Å². The van der Waals surface area contributed by atoms with Crippen molar-refractivity contribution in [3.63, 3.8) is 0 Å². The minimum Gasteiger partial charge on any atom is -0.390 e. The van der Waals surface area contributed by atoms with Crippen LogP contribution in [0.4, 0.5) is 0 Å². The molecule has 17 heavy (non-hydrogen) atoms. The lowest BCUT2D eigenvalue weighted by Gasteiger charge is -2.29. The summed E-state index contributed by atoms with van der Waals surface area (Å²) in [6, 6.07) is 9.50. The Morgan fingerprint density at radius 3 is 2.53 bits per heavy atom. The second kappa shape index (κ2) is 5.78. The van der Waals surface area contributed by atoms with Crippen LogP contribution in [0.5, 0.6) is 0 Å². The van der Waals surface area contributed by atoms with E-state index in [9.17, 15) is 10.2 Å². The average molecular weight is 267 g/mol. The van der Waals surface area contributed by atoms with E-state index in [-0.39, 0.29) is 4.58 Å². The molecule has 90 valence electrons. The Morgan fingerprint density at radius 2 is 1.94 bits per heavy atom. The summed E-state index contributed by atoms with van der Waals surface area (Å²) in [5.74, 6) is 0.578. The minimum atomic E-state index is -0.618. The molecule has 0 bridgehead atoms. The van der Waals surface area contributed by atoms with Crippen LogP contribution < -0.4 is 0 Å². The molecule has 0 amide bonds. The van der Waals surface area contributed by atoms with Crippen molar-refractivity contribution in [1.29, 1.82) is 5.26 Å². The van der Waals surface area contributed by atoms with Crippen molar-refractivity contribution in [2.24, 2.45) is 0 Å². The van der Waals surface area contributed by atoms with Crippen molar-refractivity contribution in [2.75, 3.05) is 5.75 Å². The van der Waals surface area contributed by atoms with E-state index in [0.717, 1.165) is 4.90 Å². The molecule has 1 aromatic carbocycles. The van der Waals surface area contributed by atoms with Crippen LogP contribution in [0.25, 0.3) is 0 Å². The molecule has 1 aliphatic heterocycles. The molecule has 1 fully saturated rings. The lowest BCUT2D eigenvalue weighted by atomic mass is 10.2. The van der Waals surface area contributed by atoms with E-state index in [1.807, 2.05) is 12.1 Å². The quantitative estimate of drug-likeness (QED) is 0.856. The van der Waals surface area contributed by atoms with Crippen molar-refractivity contribution in [3.05, 3.63) is 29.8 Å². The molecule has 0 aliphatic carbocycles. The predicted molar refractivity (Wildman–Crippen MR) is 69.9 cm³/mol. The maximum absolute atomic E-state index is 9.59. The Hall–Kier alpha value is -0.670. The van der Waals surface area contributed by atoms with Crippen LogP contribution in [0.3, 0.4) is 0 Å². The van der Waals surface area contributed by atoms with Crippen molar-refractivity contribution < 1.29 is 10.2 Å². The number of aliphatic hydroxyl groups is 2. The first kappa shape index (κ1) is 12.8. The first-order valence-electron chi connectivity index (χ1n) is 5.33. The minimum absolute atomic E-state index is 0.265. The average Bonchev–Trinajstić information content (AvgIpc) is 2.35. The number of rotatable bonds is 2. The fraction of sp³-hybridized carbons (Fsp3) is 0.417.